The van der Waals surface area contributed by atoms with E-state index in [9.17, 15) is 0 Å². The van der Waals surface area contributed by atoms with Crippen LogP contribution in [0.3, 0.4) is 0 Å². The van der Waals surface area contributed by atoms with Crippen LogP contribution in [0.25, 0.3) is 0 Å². The lowest BCUT2D eigenvalue weighted by atomic mass is 10.3. The van der Waals surface area contributed by atoms with Crippen molar-refractivity contribution in [3.8, 4) is 17.4 Å². The maximum atomic E-state index is 5.74. The molecule has 2 rings (SSSR count). The van der Waals surface area contributed by atoms with Crippen molar-refractivity contribution in [2.45, 2.75) is 5.16 Å². The van der Waals surface area contributed by atoms with E-state index in [1.54, 1.807) is 25.3 Å². The minimum Gasteiger partial charge on any atom is -0.496 e. The lowest BCUT2D eigenvalue weighted by Crippen LogP contribution is -1.97. The summed E-state index contributed by atoms with van der Waals surface area (Å²) in [5.74, 6) is 2.06. The van der Waals surface area contributed by atoms with Gasteiger partial charge in [-0.2, -0.15) is 4.98 Å². The van der Waals surface area contributed by atoms with Crippen molar-refractivity contribution in [1.29, 1.82) is 0 Å². The summed E-state index contributed by atoms with van der Waals surface area (Å²) in [5.41, 5.74) is 5.72. The van der Waals surface area contributed by atoms with Crippen molar-refractivity contribution >= 4 is 49.4 Å². The Morgan fingerprint density at radius 1 is 1.10 bits per heavy atom. The molecule has 5 nitrogen and oxygen atoms in total. The van der Waals surface area contributed by atoms with Gasteiger partial charge >= 0.3 is 0 Å². The zero-order chi connectivity index (χ0) is 14.7. The summed E-state index contributed by atoms with van der Waals surface area (Å²) in [4.78, 5) is 8.31. The summed E-state index contributed by atoms with van der Waals surface area (Å²) >= 11 is 8.24. The molecule has 8 heteroatoms. The second-order valence-corrected chi connectivity index (χ2v) is 6.12. The number of anilines is 1. The van der Waals surface area contributed by atoms with Gasteiger partial charge in [0.05, 0.1) is 16.1 Å². The summed E-state index contributed by atoms with van der Waals surface area (Å²) in [6, 6.07) is 5.17. The van der Waals surface area contributed by atoms with Crippen LogP contribution in [0.2, 0.25) is 0 Å². The molecule has 0 aliphatic rings. The lowest BCUT2D eigenvalue weighted by Gasteiger charge is -2.11. The zero-order valence-corrected chi connectivity index (χ0v) is 14.7. The first-order valence-electron chi connectivity index (χ1n) is 5.43. The number of methoxy groups -OCH3 is 1. The van der Waals surface area contributed by atoms with Gasteiger partial charge in [-0.05, 0) is 50.2 Å². The van der Waals surface area contributed by atoms with E-state index in [1.807, 2.05) is 6.26 Å². The Balaban J connectivity index is 2.35. The minimum atomic E-state index is 0.364. The van der Waals surface area contributed by atoms with Gasteiger partial charge in [-0.25, -0.2) is 4.98 Å². The molecule has 0 spiro atoms. The van der Waals surface area contributed by atoms with Crippen molar-refractivity contribution in [2.24, 2.45) is 0 Å². The zero-order valence-electron chi connectivity index (χ0n) is 10.7. The van der Waals surface area contributed by atoms with Gasteiger partial charge < -0.3 is 15.2 Å². The molecule has 1 aromatic heterocycles. The molecule has 0 unspecified atom stereocenters. The van der Waals surface area contributed by atoms with Crippen LogP contribution in [0.5, 0.6) is 17.4 Å². The predicted octanol–water partition coefficient (Wildman–Crippen LogP) is 4.11. The number of aromatic nitrogens is 2. The Morgan fingerprint density at radius 2 is 1.75 bits per heavy atom. The third kappa shape index (κ3) is 3.56. The molecule has 0 radical (unpaired) electrons. The molecular weight excluding hydrogens is 410 g/mol. The molecule has 0 bridgehead atoms. The largest absolute Gasteiger partial charge is 0.496 e. The third-order valence-corrected chi connectivity index (χ3v) is 4.09. The second kappa shape index (κ2) is 6.64. The molecule has 2 aromatic rings. The molecule has 0 aliphatic carbocycles. The average molecular weight is 421 g/mol. The number of ether oxygens (including phenoxy) is 2. The summed E-state index contributed by atoms with van der Waals surface area (Å²) in [5, 5.41) is 0.559. The van der Waals surface area contributed by atoms with E-state index in [0.717, 1.165) is 8.95 Å². The molecule has 0 aliphatic heterocycles. The molecule has 0 amide bonds. The Hall–Kier alpha value is -0.990. The Bertz CT molecular complexity index is 640. The number of nitrogens with zero attached hydrogens (tertiary/aromatic N) is 2. The van der Waals surface area contributed by atoms with Crippen LogP contribution >= 0.6 is 43.6 Å². The molecule has 1 aromatic carbocycles. The maximum absolute atomic E-state index is 5.74. The molecule has 1 heterocycles. The number of benzene rings is 1. The van der Waals surface area contributed by atoms with Crippen LogP contribution in [0, 0.1) is 0 Å². The predicted molar refractivity (Wildman–Crippen MR) is 86.7 cm³/mol. The highest BCUT2D eigenvalue weighted by molar-refractivity contribution is 9.11. The average Bonchev–Trinajstić information content (AvgIpc) is 2.41. The van der Waals surface area contributed by atoms with E-state index < -0.39 is 0 Å². The fraction of sp³-hybridized carbons (Fsp3) is 0.167. The Labute approximate surface area is 137 Å². The first kappa shape index (κ1) is 15.4. The van der Waals surface area contributed by atoms with Crippen molar-refractivity contribution in [2.75, 3.05) is 19.1 Å². The van der Waals surface area contributed by atoms with Crippen LogP contribution in [0.1, 0.15) is 0 Å². The van der Waals surface area contributed by atoms with Crippen LogP contribution < -0.4 is 15.2 Å². The first-order valence-corrected chi connectivity index (χ1v) is 8.24. The van der Waals surface area contributed by atoms with Crippen LogP contribution in [0.15, 0.2) is 32.3 Å². The number of rotatable bonds is 4. The normalized spacial score (nSPS) is 10.4. The van der Waals surface area contributed by atoms with E-state index in [0.29, 0.717) is 28.4 Å². The number of nitrogens with two attached hydrogens (primary N) is 1. The van der Waals surface area contributed by atoms with Crippen LogP contribution in [-0.4, -0.2) is 23.3 Å². The van der Waals surface area contributed by atoms with Gasteiger partial charge in [-0.3, -0.25) is 0 Å². The highest BCUT2D eigenvalue weighted by Crippen LogP contribution is 2.38. The SMILES string of the molecule is COc1cc(Br)c(Oc2cc(N)nc(SC)n2)cc1Br. The number of thioether (sulfide) groups is 1. The maximum Gasteiger partial charge on any atom is 0.225 e. The monoisotopic (exact) mass is 419 g/mol. The van der Waals surface area contributed by atoms with Crippen LogP contribution in [0.4, 0.5) is 5.82 Å². The van der Waals surface area contributed by atoms with Gasteiger partial charge in [0.1, 0.15) is 17.3 Å². The molecular formula is C12H11Br2N3O2S. The molecule has 106 valence electrons. The minimum absolute atomic E-state index is 0.364. The summed E-state index contributed by atoms with van der Waals surface area (Å²) < 4.78 is 12.5. The van der Waals surface area contributed by atoms with E-state index in [-0.39, 0.29) is 0 Å². The first-order chi connectivity index (χ1) is 9.53. The quantitative estimate of drug-likeness (QED) is 0.592. The van der Waals surface area contributed by atoms with E-state index in [2.05, 4.69) is 41.8 Å². The topological polar surface area (TPSA) is 70.3 Å². The smallest absolute Gasteiger partial charge is 0.225 e. The summed E-state index contributed by atoms with van der Waals surface area (Å²) in [6.45, 7) is 0. The number of hydrogen-bond donors (Lipinski definition) is 1. The molecule has 0 fully saturated rings. The van der Waals surface area contributed by atoms with Crippen molar-refractivity contribution in [1.82, 2.24) is 9.97 Å². The fourth-order valence-electron chi connectivity index (χ4n) is 1.42. The molecule has 0 saturated carbocycles. The molecule has 20 heavy (non-hydrogen) atoms. The van der Waals surface area contributed by atoms with Crippen molar-refractivity contribution in [3.63, 3.8) is 0 Å². The molecule has 0 saturated heterocycles. The number of hydrogen-bond acceptors (Lipinski definition) is 6. The van der Waals surface area contributed by atoms with Gasteiger partial charge in [-0.15, -0.1) is 0 Å². The molecule has 2 N–H and O–H groups in total. The third-order valence-electron chi connectivity index (χ3n) is 2.31. The van der Waals surface area contributed by atoms with Gasteiger partial charge in [0.2, 0.25) is 5.88 Å². The second-order valence-electron chi connectivity index (χ2n) is 3.64. The number of halogens is 2. The highest BCUT2D eigenvalue weighted by atomic mass is 79.9. The summed E-state index contributed by atoms with van der Waals surface area (Å²) in [6.07, 6.45) is 1.87. The van der Waals surface area contributed by atoms with Gasteiger partial charge in [-0.1, -0.05) is 11.8 Å². The van der Waals surface area contributed by atoms with Gasteiger partial charge in [0.25, 0.3) is 0 Å². The molecule has 0 atom stereocenters. The number of nitrogen functional groups attached to an aromatic ring is 1. The van der Waals surface area contributed by atoms with Gasteiger partial charge in [0.15, 0.2) is 5.16 Å². The lowest BCUT2D eigenvalue weighted by molar-refractivity contribution is 0.408. The summed E-state index contributed by atoms with van der Waals surface area (Å²) in [7, 11) is 1.60. The highest BCUT2D eigenvalue weighted by Gasteiger charge is 2.11. The Morgan fingerprint density at radius 3 is 2.40 bits per heavy atom. The fourth-order valence-corrected chi connectivity index (χ4v) is 2.69. The van der Waals surface area contributed by atoms with Gasteiger partial charge in [0, 0.05) is 6.07 Å². The Kier molecular flexibility index (Phi) is 5.11. The van der Waals surface area contributed by atoms with E-state index in [1.165, 1.54) is 11.8 Å². The van der Waals surface area contributed by atoms with E-state index in [4.69, 9.17) is 15.2 Å². The van der Waals surface area contributed by atoms with Crippen molar-refractivity contribution in [3.05, 3.63) is 27.1 Å². The van der Waals surface area contributed by atoms with Crippen molar-refractivity contribution < 1.29 is 9.47 Å². The van der Waals surface area contributed by atoms with E-state index >= 15 is 0 Å². The standard InChI is InChI=1S/C12H11Br2N3O2S/c1-18-8-3-7(14)9(4-6(8)13)19-11-5-10(15)16-12(17-11)20-2/h3-5H,1-2H3,(H2,15,16,17). The van der Waals surface area contributed by atoms with Crippen LogP contribution in [-0.2, 0) is 0 Å².